The third kappa shape index (κ3) is 4.15. The van der Waals surface area contributed by atoms with E-state index in [0.29, 0.717) is 11.4 Å². The summed E-state index contributed by atoms with van der Waals surface area (Å²) in [4.78, 5) is 10.4. The van der Waals surface area contributed by atoms with E-state index in [1.807, 2.05) is 0 Å². The Labute approximate surface area is 87.1 Å². The standard InChI is InChI=1S/C8H7ClO2.CH3Cl/c9-5-6-1-3-7(4-2-6)8(10)11;1-2/h1-4H,5H2,(H,10,11);1H3. The van der Waals surface area contributed by atoms with Crippen molar-refractivity contribution in [1.29, 1.82) is 0 Å². The minimum absolute atomic E-state index is 0.291. The Kier molecular flexibility index (Phi) is 6.37. The molecule has 0 aliphatic carbocycles. The van der Waals surface area contributed by atoms with Crippen molar-refractivity contribution >= 4 is 29.2 Å². The number of carboxylic acid groups (broad SMARTS) is 1. The summed E-state index contributed by atoms with van der Waals surface area (Å²) in [5.41, 5.74) is 1.22. The van der Waals surface area contributed by atoms with E-state index in [0.717, 1.165) is 5.56 Å². The molecule has 0 bridgehead atoms. The number of hydrogen-bond acceptors (Lipinski definition) is 1. The largest absolute Gasteiger partial charge is 0.478 e. The van der Waals surface area contributed by atoms with E-state index >= 15 is 0 Å². The summed E-state index contributed by atoms with van der Waals surface area (Å²) in [5, 5.41) is 8.52. The predicted octanol–water partition coefficient (Wildman–Crippen LogP) is 2.98. The van der Waals surface area contributed by atoms with Gasteiger partial charge >= 0.3 is 5.97 Å². The third-order valence-corrected chi connectivity index (χ3v) is 1.66. The third-order valence-electron chi connectivity index (χ3n) is 1.36. The number of carbonyl (C=O) groups is 1. The fourth-order valence-corrected chi connectivity index (χ4v) is 0.915. The van der Waals surface area contributed by atoms with Crippen molar-refractivity contribution in [1.82, 2.24) is 0 Å². The van der Waals surface area contributed by atoms with E-state index in [1.54, 1.807) is 24.3 Å². The second-order valence-electron chi connectivity index (χ2n) is 2.14. The van der Waals surface area contributed by atoms with Gasteiger partial charge in [-0.1, -0.05) is 12.1 Å². The summed E-state index contributed by atoms with van der Waals surface area (Å²) >= 11 is 10.2. The van der Waals surface area contributed by atoms with Gasteiger partial charge in [0.15, 0.2) is 0 Å². The Hall–Kier alpha value is -0.730. The molecule has 0 aliphatic rings. The molecular formula is C9H10Cl2O2. The Morgan fingerprint density at radius 3 is 2.08 bits per heavy atom. The smallest absolute Gasteiger partial charge is 0.335 e. The van der Waals surface area contributed by atoms with Crippen molar-refractivity contribution in [2.45, 2.75) is 5.88 Å². The highest BCUT2D eigenvalue weighted by Gasteiger charge is 1.99. The molecule has 0 amide bonds. The maximum atomic E-state index is 10.4. The molecule has 0 unspecified atom stereocenters. The van der Waals surface area contributed by atoms with Crippen LogP contribution in [-0.2, 0) is 5.88 Å². The lowest BCUT2D eigenvalue weighted by atomic mass is 10.1. The van der Waals surface area contributed by atoms with Gasteiger partial charge in [0.25, 0.3) is 0 Å². The Bertz CT molecular complexity index is 257. The molecule has 0 saturated carbocycles. The van der Waals surface area contributed by atoms with Crippen LogP contribution in [0.4, 0.5) is 0 Å². The zero-order valence-corrected chi connectivity index (χ0v) is 8.64. The molecule has 4 heteroatoms. The fourth-order valence-electron chi connectivity index (χ4n) is 0.736. The molecule has 0 radical (unpaired) electrons. The lowest BCUT2D eigenvalue weighted by Crippen LogP contribution is -1.95. The zero-order valence-electron chi connectivity index (χ0n) is 7.13. The van der Waals surface area contributed by atoms with Crippen LogP contribution in [0.15, 0.2) is 24.3 Å². The summed E-state index contributed by atoms with van der Waals surface area (Å²) < 4.78 is 0. The van der Waals surface area contributed by atoms with Gasteiger partial charge in [0, 0.05) is 12.3 Å². The van der Waals surface area contributed by atoms with Crippen molar-refractivity contribution < 1.29 is 9.90 Å². The molecule has 1 aromatic rings. The van der Waals surface area contributed by atoms with Gasteiger partial charge in [-0.15, -0.1) is 23.2 Å². The topological polar surface area (TPSA) is 37.3 Å². The number of benzene rings is 1. The van der Waals surface area contributed by atoms with Crippen LogP contribution in [0.3, 0.4) is 0 Å². The van der Waals surface area contributed by atoms with Crippen molar-refractivity contribution in [2.75, 3.05) is 6.38 Å². The van der Waals surface area contributed by atoms with Crippen LogP contribution in [0.5, 0.6) is 0 Å². The minimum atomic E-state index is -0.911. The first-order chi connectivity index (χ1) is 6.24. The number of aromatic carboxylic acids is 1. The van der Waals surface area contributed by atoms with E-state index in [2.05, 4.69) is 11.6 Å². The molecular weight excluding hydrogens is 211 g/mol. The van der Waals surface area contributed by atoms with Crippen LogP contribution < -0.4 is 0 Å². The molecule has 0 fully saturated rings. The second-order valence-corrected chi connectivity index (χ2v) is 2.40. The number of halogens is 2. The predicted molar refractivity (Wildman–Crippen MR) is 54.7 cm³/mol. The van der Waals surface area contributed by atoms with Gasteiger partial charge in [-0.2, -0.15) is 0 Å². The van der Waals surface area contributed by atoms with Gasteiger partial charge in [0.2, 0.25) is 0 Å². The van der Waals surface area contributed by atoms with Crippen LogP contribution in [0.1, 0.15) is 15.9 Å². The fraction of sp³-hybridized carbons (Fsp3) is 0.222. The highest BCUT2D eigenvalue weighted by atomic mass is 35.5. The number of hydrogen-bond donors (Lipinski definition) is 1. The minimum Gasteiger partial charge on any atom is -0.478 e. The summed E-state index contributed by atoms with van der Waals surface area (Å²) in [6, 6.07) is 6.49. The van der Waals surface area contributed by atoms with E-state index in [4.69, 9.17) is 16.7 Å². The molecule has 0 aromatic heterocycles. The average Bonchev–Trinajstić information content (AvgIpc) is 2.21. The van der Waals surface area contributed by atoms with Gasteiger partial charge in [-0.05, 0) is 17.7 Å². The molecule has 2 nitrogen and oxygen atoms in total. The molecule has 72 valence electrons. The second kappa shape index (κ2) is 6.75. The van der Waals surface area contributed by atoms with Gasteiger partial charge in [0.05, 0.1) is 5.56 Å². The van der Waals surface area contributed by atoms with Crippen LogP contribution >= 0.6 is 23.2 Å². The lowest BCUT2D eigenvalue weighted by molar-refractivity contribution is 0.0697. The zero-order chi connectivity index (χ0) is 10.3. The van der Waals surface area contributed by atoms with E-state index in [1.165, 1.54) is 6.38 Å². The molecule has 1 N–H and O–H groups in total. The van der Waals surface area contributed by atoms with Crippen LogP contribution in [0, 0.1) is 0 Å². The van der Waals surface area contributed by atoms with Crippen molar-refractivity contribution in [3.63, 3.8) is 0 Å². The average molecular weight is 221 g/mol. The SMILES string of the molecule is CCl.O=C(O)c1ccc(CCl)cc1. The number of carboxylic acids is 1. The van der Waals surface area contributed by atoms with Gasteiger partial charge in [0.1, 0.15) is 0 Å². The first-order valence-electron chi connectivity index (χ1n) is 3.50. The van der Waals surface area contributed by atoms with Gasteiger partial charge in [-0.3, -0.25) is 0 Å². The molecule has 0 spiro atoms. The monoisotopic (exact) mass is 220 g/mol. The molecule has 1 aromatic carbocycles. The molecule has 0 heterocycles. The van der Waals surface area contributed by atoms with Crippen LogP contribution in [0.25, 0.3) is 0 Å². The number of alkyl halides is 2. The summed E-state index contributed by atoms with van der Waals surface area (Å²) in [7, 11) is 0. The number of rotatable bonds is 2. The lowest BCUT2D eigenvalue weighted by Gasteiger charge is -1.95. The van der Waals surface area contributed by atoms with Gasteiger partial charge in [-0.25, -0.2) is 4.79 Å². The Morgan fingerprint density at radius 1 is 1.31 bits per heavy atom. The van der Waals surface area contributed by atoms with Crippen LogP contribution in [-0.4, -0.2) is 17.5 Å². The van der Waals surface area contributed by atoms with Crippen molar-refractivity contribution in [2.24, 2.45) is 0 Å². The molecule has 1 rings (SSSR count). The van der Waals surface area contributed by atoms with E-state index in [9.17, 15) is 4.79 Å². The Morgan fingerprint density at radius 2 is 1.77 bits per heavy atom. The summed E-state index contributed by atoms with van der Waals surface area (Å²) in [6.07, 6.45) is 1.47. The van der Waals surface area contributed by atoms with Gasteiger partial charge < -0.3 is 5.11 Å². The molecule has 0 atom stereocenters. The summed E-state index contributed by atoms with van der Waals surface area (Å²) in [5.74, 6) is -0.494. The van der Waals surface area contributed by atoms with E-state index < -0.39 is 5.97 Å². The normalized spacial score (nSPS) is 8.54. The summed E-state index contributed by atoms with van der Waals surface area (Å²) in [6.45, 7) is 0. The van der Waals surface area contributed by atoms with Crippen molar-refractivity contribution in [3.05, 3.63) is 35.4 Å². The van der Waals surface area contributed by atoms with Crippen LogP contribution in [0.2, 0.25) is 0 Å². The first-order valence-corrected chi connectivity index (χ1v) is 4.79. The highest BCUT2D eigenvalue weighted by molar-refractivity contribution is 6.17. The van der Waals surface area contributed by atoms with E-state index in [-0.39, 0.29) is 0 Å². The highest BCUT2D eigenvalue weighted by Crippen LogP contribution is 2.06. The van der Waals surface area contributed by atoms with Crippen molar-refractivity contribution in [3.8, 4) is 0 Å². The maximum Gasteiger partial charge on any atom is 0.335 e. The quantitative estimate of drug-likeness (QED) is 0.779. The molecule has 0 saturated heterocycles. The first kappa shape index (κ1) is 12.3. The maximum absolute atomic E-state index is 10.4. The Balaban J connectivity index is 0.000000671. The molecule has 13 heavy (non-hydrogen) atoms. The molecule has 0 aliphatic heterocycles.